The molecule has 0 saturated heterocycles. The minimum atomic E-state index is 1.08. The van der Waals surface area contributed by atoms with Gasteiger partial charge in [0.25, 0.3) is 0 Å². The number of rotatable bonds is 13. The van der Waals surface area contributed by atoms with Crippen molar-refractivity contribution in [3.8, 4) is 0 Å². The number of unbranched alkanes of at least 4 members (excludes halogenated alkanes) is 2. The third kappa shape index (κ3) is 13.2. The fourth-order valence-electron chi connectivity index (χ4n) is 2.46. The number of hydrogen-bond acceptors (Lipinski definition) is 3. The Morgan fingerprint density at radius 2 is 1.67 bits per heavy atom. The highest BCUT2D eigenvalue weighted by Crippen LogP contribution is 2.23. The topological polar surface area (TPSA) is 15.3 Å². The van der Waals surface area contributed by atoms with Crippen molar-refractivity contribution in [2.24, 2.45) is 0 Å². The standard InChI is InChI=1S/C21H31NS.C3H7N/c1-5-12-19(6-2)13-10-9-11-14-20-15-17-21(18-16-20)23-22(7-3)8-4;1-3-4-2/h5-6,12,15-18H,1-2,7-11,13-14H2,3-4H3;3-4H,1H2,2H3/b19-12+;. The number of benzene rings is 1. The summed E-state index contributed by atoms with van der Waals surface area (Å²) in [6.45, 7) is 17.5. The third-order valence-electron chi connectivity index (χ3n) is 4.09. The van der Waals surface area contributed by atoms with E-state index in [1.54, 1.807) is 6.20 Å². The van der Waals surface area contributed by atoms with Crippen LogP contribution in [0.1, 0.15) is 45.1 Å². The quantitative estimate of drug-likeness (QED) is 0.228. The van der Waals surface area contributed by atoms with Crippen molar-refractivity contribution >= 4 is 11.9 Å². The second-order valence-corrected chi connectivity index (χ2v) is 7.25. The molecule has 0 spiro atoms. The summed E-state index contributed by atoms with van der Waals surface area (Å²) in [4.78, 5) is 1.34. The van der Waals surface area contributed by atoms with Gasteiger partial charge < -0.3 is 5.32 Å². The maximum Gasteiger partial charge on any atom is 0.0230 e. The molecular formula is C24H38N2S. The zero-order chi connectivity index (χ0) is 20.3. The Balaban J connectivity index is 0.00000153. The van der Waals surface area contributed by atoms with E-state index < -0.39 is 0 Å². The summed E-state index contributed by atoms with van der Waals surface area (Å²) in [6, 6.07) is 9.05. The lowest BCUT2D eigenvalue weighted by Gasteiger charge is -2.16. The molecule has 27 heavy (non-hydrogen) atoms. The molecule has 0 radical (unpaired) electrons. The molecule has 0 aromatic heterocycles. The van der Waals surface area contributed by atoms with Gasteiger partial charge in [-0.2, -0.15) is 0 Å². The third-order valence-corrected chi connectivity index (χ3v) is 5.35. The van der Waals surface area contributed by atoms with Gasteiger partial charge in [0.15, 0.2) is 0 Å². The number of allylic oxidation sites excluding steroid dienone is 4. The minimum absolute atomic E-state index is 1.08. The van der Waals surface area contributed by atoms with Crippen LogP contribution in [0.4, 0.5) is 0 Å². The van der Waals surface area contributed by atoms with Gasteiger partial charge in [0, 0.05) is 25.0 Å². The van der Waals surface area contributed by atoms with Crippen LogP contribution in [-0.2, 0) is 6.42 Å². The van der Waals surface area contributed by atoms with Crippen LogP contribution in [0.3, 0.4) is 0 Å². The van der Waals surface area contributed by atoms with Crippen molar-refractivity contribution in [3.05, 3.63) is 79.6 Å². The summed E-state index contributed by atoms with van der Waals surface area (Å²) in [5.41, 5.74) is 2.73. The molecule has 0 bridgehead atoms. The molecule has 1 aromatic carbocycles. The van der Waals surface area contributed by atoms with E-state index in [0.29, 0.717) is 0 Å². The molecular weight excluding hydrogens is 348 g/mol. The van der Waals surface area contributed by atoms with Gasteiger partial charge in [-0.3, -0.25) is 0 Å². The zero-order valence-corrected chi connectivity index (χ0v) is 18.4. The molecule has 0 aliphatic carbocycles. The van der Waals surface area contributed by atoms with E-state index in [9.17, 15) is 0 Å². The number of hydrogen-bond donors (Lipinski definition) is 1. The molecule has 0 aliphatic heterocycles. The van der Waals surface area contributed by atoms with Gasteiger partial charge in [-0.15, -0.1) is 0 Å². The van der Waals surface area contributed by atoms with Crippen molar-refractivity contribution in [1.29, 1.82) is 0 Å². The molecule has 0 aliphatic rings. The summed E-state index contributed by atoms with van der Waals surface area (Å²) < 4.78 is 2.36. The largest absolute Gasteiger partial charge is 0.394 e. The molecule has 0 fully saturated rings. The number of nitrogens with zero attached hydrogens (tertiary/aromatic N) is 1. The lowest BCUT2D eigenvalue weighted by atomic mass is 10.0. The highest BCUT2D eigenvalue weighted by Gasteiger charge is 2.02. The van der Waals surface area contributed by atoms with E-state index in [1.165, 1.54) is 41.7 Å². The molecule has 150 valence electrons. The first-order valence-corrected chi connectivity index (χ1v) is 10.7. The van der Waals surface area contributed by atoms with Crippen LogP contribution in [-0.4, -0.2) is 24.4 Å². The molecule has 0 atom stereocenters. The second kappa shape index (κ2) is 17.7. The van der Waals surface area contributed by atoms with Gasteiger partial charge in [0.1, 0.15) is 0 Å². The Bertz CT molecular complexity index is 542. The van der Waals surface area contributed by atoms with E-state index in [1.807, 2.05) is 31.1 Å². The lowest BCUT2D eigenvalue weighted by molar-refractivity contribution is 0.525. The Hall–Kier alpha value is -1.71. The highest BCUT2D eigenvalue weighted by atomic mass is 32.2. The Morgan fingerprint density at radius 3 is 2.15 bits per heavy atom. The van der Waals surface area contributed by atoms with Gasteiger partial charge in [-0.25, -0.2) is 4.31 Å². The molecule has 0 heterocycles. The Morgan fingerprint density at radius 1 is 1.04 bits per heavy atom. The molecule has 0 amide bonds. The van der Waals surface area contributed by atoms with Crippen molar-refractivity contribution in [2.75, 3.05) is 20.1 Å². The van der Waals surface area contributed by atoms with Crippen molar-refractivity contribution in [1.82, 2.24) is 9.62 Å². The monoisotopic (exact) mass is 386 g/mol. The first-order valence-electron chi connectivity index (χ1n) is 9.89. The van der Waals surface area contributed by atoms with E-state index in [0.717, 1.165) is 19.5 Å². The predicted octanol–water partition coefficient (Wildman–Crippen LogP) is 6.79. The first-order chi connectivity index (χ1) is 13.1. The minimum Gasteiger partial charge on any atom is -0.394 e. The van der Waals surface area contributed by atoms with E-state index in [4.69, 9.17) is 0 Å². The van der Waals surface area contributed by atoms with E-state index in [-0.39, 0.29) is 0 Å². The van der Waals surface area contributed by atoms with E-state index >= 15 is 0 Å². The fourth-order valence-corrected chi connectivity index (χ4v) is 3.27. The molecule has 0 saturated carbocycles. The second-order valence-electron chi connectivity index (χ2n) is 6.08. The molecule has 1 aromatic rings. The SMILES string of the molecule is C=C/C=C(\C=C)CCCCCc1ccc(SN(CC)CC)cc1.C=CNC. The maximum absolute atomic E-state index is 3.85. The van der Waals surface area contributed by atoms with Gasteiger partial charge in [-0.1, -0.05) is 70.4 Å². The van der Waals surface area contributed by atoms with Crippen molar-refractivity contribution < 1.29 is 0 Å². The van der Waals surface area contributed by atoms with Gasteiger partial charge in [0.2, 0.25) is 0 Å². The Kier molecular flexibility index (Phi) is 16.6. The van der Waals surface area contributed by atoms with Gasteiger partial charge in [-0.05, 0) is 67.1 Å². The Labute approximate surface area is 172 Å². The van der Waals surface area contributed by atoms with Gasteiger partial charge >= 0.3 is 0 Å². The van der Waals surface area contributed by atoms with Crippen LogP contribution in [0.5, 0.6) is 0 Å². The fraction of sp³-hybridized carbons (Fsp3) is 0.417. The summed E-state index contributed by atoms with van der Waals surface area (Å²) in [6.07, 6.45) is 13.5. The number of aryl methyl sites for hydroxylation is 1. The summed E-state index contributed by atoms with van der Waals surface area (Å²) >= 11 is 1.85. The molecule has 3 heteroatoms. The highest BCUT2D eigenvalue weighted by molar-refractivity contribution is 7.97. The van der Waals surface area contributed by atoms with Crippen LogP contribution in [0, 0.1) is 0 Å². The average molecular weight is 387 g/mol. The molecule has 1 N–H and O–H groups in total. The number of nitrogens with one attached hydrogen (secondary N) is 1. The summed E-state index contributed by atoms with van der Waals surface area (Å²) in [5, 5.41) is 2.69. The zero-order valence-electron chi connectivity index (χ0n) is 17.5. The summed E-state index contributed by atoms with van der Waals surface area (Å²) in [7, 11) is 1.81. The lowest BCUT2D eigenvalue weighted by Crippen LogP contribution is -2.13. The van der Waals surface area contributed by atoms with Crippen LogP contribution >= 0.6 is 11.9 Å². The predicted molar refractivity (Wildman–Crippen MR) is 125 cm³/mol. The maximum atomic E-state index is 3.85. The molecule has 2 nitrogen and oxygen atoms in total. The van der Waals surface area contributed by atoms with Crippen LogP contribution in [0.2, 0.25) is 0 Å². The molecule has 1 rings (SSSR count). The summed E-state index contributed by atoms with van der Waals surface area (Å²) in [5.74, 6) is 0. The van der Waals surface area contributed by atoms with Crippen molar-refractivity contribution in [2.45, 2.75) is 50.8 Å². The van der Waals surface area contributed by atoms with Crippen LogP contribution < -0.4 is 5.32 Å². The molecule has 0 unspecified atom stereocenters. The first kappa shape index (κ1) is 25.3. The van der Waals surface area contributed by atoms with Crippen LogP contribution in [0.25, 0.3) is 0 Å². The van der Waals surface area contributed by atoms with Crippen LogP contribution in [0.15, 0.2) is 78.9 Å². The van der Waals surface area contributed by atoms with Gasteiger partial charge in [0.05, 0.1) is 0 Å². The van der Waals surface area contributed by atoms with Crippen molar-refractivity contribution in [3.63, 3.8) is 0 Å². The average Bonchev–Trinajstić information content (AvgIpc) is 2.72. The van der Waals surface area contributed by atoms with E-state index in [2.05, 4.69) is 73.5 Å². The smallest absolute Gasteiger partial charge is 0.0230 e. The normalized spacial score (nSPS) is 10.7.